The largest absolute Gasteiger partial charge is 0.379 e. The van der Waals surface area contributed by atoms with Crippen molar-refractivity contribution in [2.75, 3.05) is 32.1 Å². The number of rotatable bonds is 2. The number of morpholine rings is 1. The van der Waals surface area contributed by atoms with Crippen LogP contribution < -0.4 is 0 Å². The van der Waals surface area contributed by atoms with Crippen LogP contribution in [0.3, 0.4) is 0 Å². The maximum atomic E-state index is 12.8. The number of hydrogen-bond donors (Lipinski definition) is 0. The molecule has 0 saturated carbocycles. The molecule has 0 spiro atoms. The summed E-state index contributed by atoms with van der Waals surface area (Å²) in [5.41, 5.74) is 2.09. The highest BCUT2D eigenvalue weighted by Gasteiger charge is 2.50. The van der Waals surface area contributed by atoms with E-state index in [2.05, 4.69) is 0 Å². The number of ether oxygens (including phenoxy) is 1. The molecule has 110 valence electrons. The maximum absolute atomic E-state index is 12.8. The summed E-state index contributed by atoms with van der Waals surface area (Å²) in [7, 11) is -4.96. The van der Waals surface area contributed by atoms with Crippen molar-refractivity contribution in [3.8, 4) is 0 Å². The molecule has 2 heterocycles. The van der Waals surface area contributed by atoms with Gasteiger partial charge in [0.15, 0.2) is 4.08 Å². The van der Waals surface area contributed by atoms with Gasteiger partial charge in [0.05, 0.1) is 13.2 Å². The van der Waals surface area contributed by atoms with Gasteiger partial charge in [-0.15, -0.1) is 0 Å². The molecule has 0 aromatic heterocycles. The third-order valence-corrected chi connectivity index (χ3v) is 9.27. The molecule has 2 atom stereocenters. The molecule has 5 nitrogen and oxygen atoms in total. The first kappa shape index (κ1) is 15.2. The van der Waals surface area contributed by atoms with E-state index in [0.717, 1.165) is 11.1 Å². The van der Waals surface area contributed by atoms with Crippen LogP contribution >= 0.6 is 0 Å². The van der Waals surface area contributed by atoms with E-state index in [1.54, 1.807) is 6.92 Å². The molecule has 2 rings (SSSR count). The van der Waals surface area contributed by atoms with E-state index in [-0.39, 0.29) is 0 Å². The Morgan fingerprint density at radius 2 is 1.79 bits per heavy atom. The minimum Gasteiger partial charge on any atom is -0.379 e. The second-order valence-corrected chi connectivity index (χ2v) is 9.88. The van der Waals surface area contributed by atoms with E-state index in [0.29, 0.717) is 38.5 Å². The molecule has 1 saturated heterocycles. The molecule has 19 heavy (non-hydrogen) atoms. The number of allylic oxidation sites excluding steroid dienone is 1. The van der Waals surface area contributed by atoms with Crippen LogP contribution in [0.2, 0.25) is 0 Å². The second kappa shape index (κ2) is 5.27. The average molecular weight is 307 g/mol. The third-order valence-electron chi connectivity index (χ3n) is 4.00. The van der Waals surface area contributed by atoms with Crippen molar-refractivity contribution in [2.24, 2.45) is 0 Å². The molecule has 0 aliphatic carbocycles. The van der Waals surface area contributed by atoms with Crippen LogP contribution in [0.1, 0.15) is 27.2 Å². The van der Waals surface area contributed by atoms with Gasteiger partial charge in [0.2, 0.25) is 10.0 Å². The van der Waals surface area contributed by atoms with Crippen molar-refractivity contribution in [3.05, 3.63) is 11.1 Å². The Balaban J connectivity index is 2.35. The lowest BCUT2D eigenvalue weighted by Crippen LogP contribution is -2.54. The molecule has 0 N–H and O–H groups in total. The van der Waals surface area contributed by atoms with Crippen molar-refractivity contribution in [3.63, 3.8) is 0 Å². The van der Waals surface area contributed by atoms with Crippen LogP contribution in [0.25, 0.3) is 0 Å². The van der Waals surface area contributed by atoms with Crippen molar-refractivity contribution < 1.29 is 17.4 Å². The first-order valence-corrected chi connectivity index (χ1v) is 9.16. The normalized spacial score (nSPS) is 34.6. The Morgan fingerprint density at radius 1 is 1.21 bits per heavy atom. The molecule has 1 fully saturated rings. The highest BCUT2D eigenvalue weighted by atomic mass is 32.3. The highest BCUT2D eigenvalue weighted by Crippen LogP contribution is 2.37. The van der Waals surface area contributed by atoms with Crippen molar-refractivity contribution in [2.45, 2.75) is 31.3 Å². The summed E-state index contributed by atoms with van der Waals surface area (Å²) in [5, 5.41) is 0. The Morgan fingerprint density at radius 3 is 2.37 bits per heavy atom. The quantitative estimate of drug-likeness (QED) is 0.710. The molecular weight excluding hydrogens is 286 g/mol. The lowest BCUT2D eigenvalue weighted by atomic mass is 10.1. The summed E-state index contributed by atoms with van der Waals surface area (Å²) in [6, 6.07) is 0. The summed E-state index contributed by atoms with van der Waals surface area (Å²) in [4.78, 5) is 0. The Hall–Kier alpha value is -0.240. The predicted octanol–water partition coefficient (Wildman–Crippen LogP) is 0.853. The Bertz CT molecular complexity index is 520. The van der Waals surface area contributed by atoms with E-state index < -0.39 is 24.9 Å². The minimum atomic E-state index is -3.57. The van der Waals surface area contributed by atoms with Gasteiger partial charge in [-0.1, -0.05) is 11.1 Å². The first-order chi connectivity index (χ1) is 8.79. The van der Waals surface area contributed by atoms with E-state index in [4.69, 9.17) is 4.74 Å². The number of sulfonamides is 1. The molecular formula is C12H21NO4S2. The third kappa shape index (κ3) is 2.53. The summed E-state index contributed by atoms with van der Waals surface area (Å²) >= 11 is 0. The topological polar surface area (TPSA) is 63.7 Å². The fourth-order valence-electron chi connectivity index (χ4n) is 2.45. The van der Waals surface area contributed by atoms with Gasteiger partial charge in [-0.2, -0.15) is 4.31 Å². The summed E-state index contributed by atoms with van der Waals surface area (Å²) < 4.78 is 43.4. The summed E-state index contributed by atoms with van der Waals surface area (Å²) in [6.07, 6.45) is 0.352. The Labute approximate surface area is 117 Å². The predicted molar refractivity (Wildman–Crippen MR) is 75.7 cm³/mol. The maximum Gasteiger partial charge on any atom is 0.232 e. The Kier molecular flexibility index (Phi) is 4.21. The fraction of sp³-hybridized carbons (Fsp3) is 0.833. The lowest BCUT2D eigenvalue weighted by Gasteiger charge is -2.38. The molecule has 0 amide bonds. The minimum absolute atomic E-state index is 0.352. The molecule has 0 bridgehead atoms. The van der Waals surface area contributed by atoms with E-state index in [1.165, 1.54) is 4.31 Å². The number of hydrogen-bond acceptors (Lipinski definition) is 4. The average Bonchev–Trinajstić information content (AvgIpc) is 2.37. The van der Waals surface area contributed by atoms with Crippen LogP contribution in [-0.2, 0) is 25.6 Å². The van der Waals surface area contributed by atoms with Gasteiger partial charge in [0, 0.05) is 36.1 Å². The van der Waals surface area contributed by atoms with Gasteiger partial charge >= 0.3 is 0 Å². The highest BCUT2D eigenvalue weighted by molar-refractivity contribution is 8.06. The second-order valence-electron chi connectivity index (χ2n) is 5.38. The zero-order valence-corrected chi connectivity index (χ0v) is 13.3. The molecule has 0 radical (unpaired) electrons. The van der Waals surface area contributed by atoms with Crippen LogP contribution in [0.15, 0.2) is 11.1 Å². The SMILES string of the molecule is CC1=C(C)C[C@](C)(S(=O)(=O)N2CCOCC2)[S@](=O)C1. The molecule has 7 heteroatoms. The summed E-state index contributed by atoms with van der Waals surface area (Å²) in [5.74, 6) is 0.353. The fourth-order valence-corrected chi connectivity index (χ4v) is 6.78. The van der Waals surface area contributed by atoms with Gasteiger partial charge < -0.3 is 4.74 Å². The van der Waals surface area contributed by atoms with Crippen molar-refractivity contribution >= 4 is 20.8 Å². The van der Waals surface area contributed by atoms with Crippen molar-refractivity contribution in [1.29, 1.82) is 0 Å². The van der Waals surface area contributed by atoms with Crippen LogP contribution in [0.4, 0.5) is 0 Å². The first-order valence-electron chi connectivity index (χ1n) is 6.40. The zero-order chi connectivity index (χ0) is 14.3. The van der Waals surface area contributed by atoms with E-state index >= 15 is 0 Å². The zero-order valence-electron chi connectivity index (χ0n) is 11.6. The van der Waals surface area contributed by atoms with Crippen LogP contribution in [-0.4, -0.2) is 53.1 Å². The monoisotopic (exact) mass is 307 g/mol. The van der Waals surface area contributed by atoms with Gasteiger partial charge in [-0.25, -0.2) is 8.42 Å². The van der Waals surface area contributed by atoms with E-state index in [9.17, 15) is 12.6 Å². The molecule has 0 unspecified atom stereocenters. The van der Waals surface area contributed by atoms with Crippen molar-refractivity contribution in [1.82, 2.24) is 4.31 Å². The molecule has 0 aromatic carbocycles. The van der Waals surface area contributed by atoms with E-state index in [1.807, 2.05) is 13.8 Å². The van der Waals surface area contributed by atoms with Gasteiger partial charge in [0.25, 0.3) is 0 Å². The van der Waals surface area contributed by atoms with Crippen LogP contribution in [0, 0.1) is 0 Å². The van der Waals surface area contributed by atoms with Crippen LogP contribution in [0.5, 0.6) is 0 Å². The molecule has 2 aliphatic heterocycles. The molecule has 0 aromatic rings. The smallest absolute Gasteiger partial charge is 0.232 e. The standard InChI is InChI=1S/C12H21NO4S2/c1-10-8-12(3,18(14)9-11(10)2)19(15,16)13-4-6-17-7-5-13/h4-9H2,1-3H3/t12-,18+/m0/s1. The summed E-state index contributed by atoms with van der Waals surface area (Å²) in [6.45, 7) is 7.01. The molecule has 2 aliphatic rings. The number of nitrogens with zero attached hydrogens (tertiary/aromatic N) is 1. The van der Waals surface area contributed by atoms with Gasteiger partial charge in [-0.3, -0.25) is 4.21 Å². The van der Waals surface area contributed by atoms with Gasteiger partial charge in [0.1, 0.15) is 0 Å². The van der Waals surface area contributed by atoms with Gasteiger partial charge in [-0.05, 0) is 20.8 Å². The lowest BCUT2D eigenvalue weighted by molar-refractivity contribution is 0.0724.